The second-order valence-corrected chi connectivity index (χ2v) is 4.55. The van der Waals surface area contributed by atoms with Crippen molar-refractivity contribution in [2.75, 3.05) is 20.1 Å². The smallest absolute Gasteiger partial charge is 0.122 e. The Kier molecular flexibility index (Phi) is 3.96. The van der Waals surface area contributed by atoms with Crippen LogP contribution >= 0.6 is 0 Å². The van der Waals surface area contributed by atoms with E-state index in [4.69, 9.17) is 0 Å². The highest BCUT2D eigenvalue weighted by atomic mass is 15.2. The molecule has 0 bridgehead atoms. The fourth-order valence-corrected chi connectivity index (χ4v) is 2.37. The summed E-state index contributed by atoms with van der Waals surface area (Å²) in [5.41, 5.74) is 0. The monoisotopic (exact) mass is 222 g/mol. The molecule has 1 aliphatic heterocycles. The molecule has 1 unspecified atom stereocenters. The lowest BCUT2D eigenvalue weighted by Crippen LogP contribution is -2.42. The fraction of sp³-hybridized carbons (Fsp3) is 0.750. The Morgan fingerprint density at radius 3 is 3.12 bits per heavy atom. The van der Waals surface area contributed by atoms with Gasteiger partial charge in [0.2, 0.25) is 0 Å². The molecule has 0 spiro atoms. The normalized spacial score (nSPS) is 18.4. The van der Waals surface area contributed by atoms with Crippen molar-refractivity contribution in [3.8, 4) is 0 Å². The number of hydrogen-bond acceptors (Lipinski definition) is 3. The third kappa shape index (κ3) is 2.62. The maximum Gasteiger partial charge on any atom is 0.122 e. The first-order chi connectivity index (χ1) is 7.83. The van der Waals surface area contributed by atoms with E-state index in [0.29, 0.717) is 6.04 Å². The first-order valence-corrected chi connectivity index (χ1v) is 6.23. The van der Waals surface area contributed by atoms with E-state index in [1.807, 2.05) is 6.20 Å². The molecule has 16 heavy (non-hydrogen) atoms. The van der Waals surface area contributed by atoms with Gasteiger partial charge in [0.05, 0.1) is 6.54 Å². The third-order valence-electron chi connectivity index (χ3n) is 3.35. The van der Waals surface area contributed by atoms with Crippen LogP contribution in [0.1, 0.15) is 25.6 Å². The van der Waals surface area contributed by atoms with E-state index in [9.17, 15) is 0 Å². The summed E-state index contributed by atoms with van der Waals surface area (Å²) in [6.07, 6.45) is 6.48. The summed E-state index contributed by atoms with van der Waals surface area (Å²) in [5.74, 6) is 1.21. The summed E-state index contributed by atoms with van der Waals surface area (Å²) in [6, 6.07) is 0.617. The van der Waals surface area contributed by atoms with Gasteiger partial charge < -0.3 is 9.88 Å². The zero-order valence-electron chi connectivity index (χ0n) is 10.3. The molecular weight excluding hydrogens is 200 g/mol. The van der Waals surface area contributed by atoms with Crippen LogP contribution in [0.15, 0.2) is 12.4 Å². The minimum Gasteiger partial charge on any atom is -0.333 e. The van der Waals surface area contributed by atoms with Crippen molar-refractivity contribution in [1.29, 1.82) is 0 Å². The van der Waals surface area contributed by atoms with Crippen LogP contribution in [0.25, 0.3) is 0 Å². The van der Waals surface area contributed by atoms with Gasteiger partial charge >= 0.3 is 0 Å². The second kappa shape index (κ2) is 5.46. The van der Waals surface area contributed by atoms with Gasteiger partial charge in [0.15, 0.2) is 0 Å². The van der Waals surface area contributed by atoms with Gasteiger partial charge in [-0.15, -0.1) is 0 Å². The Bertz CT molecular complexity index is 321. The molecule has 0 radical (unpaired) electrons. The minimum atomic E-state index is 0.617. The van der Waals surface area contributed by atoms with Crippen LogP contribution < -0.4 is 5.32 Å². The molecule has 4 nitrogen and oxygen atoms in total. The molecule has 2 rings (SSSR count). The lowest BCUT2D eigenvalue weighted by molar-refractivity contribution is 0.193. The molecule has 1 N–H and O–H groups in total. The van der Waals surface area contributed by atoms with E-state index in [0.717, 1.165) is 26.2 Å². The lowest BCUT2D eigenvalue weighted by Gasteiger charge is -2.30. The maximum absolute atomic E-state index is 4.39. The van der Waals surface area contributed by atoms with E-state index >= 15 is 0 Å². The number of nitrogens with zero attached hydrogens (tertiary/aromatic N) is 3. The van der Waals surface area contributed by atoms with Crippen molar-refractivity contribution in [3.63, 3.8) is 0 Å². The Morgan fingerprint density at radius 1 is 1.50 bits per heavy atom. The molecule has 4 heteroatoms. The van der Waals surface area contributed by atoms with Crippen molar-refractivity contribution in [2.45, 2.75) is 38.9 Å². The van der Waals surface area contributed by atoms with E-state index < -0.39 is 0 Å². The Hall–Kier alpha value is -0.870. The highest BCUT2D eigenvalue weighted by molar-refractivity contribution is 4.95. The van der Waals surface area contributed by atoms with Gasteiger partial charge in [0, 0.05) is 38.1 Å². The van der Waals surface area contributed by atoms with Crippen molar-refractivity contribution < 1.29 is 0 Å². The molecule has 1 aliphatic rings. The van der Waals surface area contributed by atoms with Crippen LogP contribution in [0.5, 0.6) is 0 Å². The predicted octanol–water partition coefficient (Wildman–Crippen LogP) is 1.09. The van der Waals surface area contributed by atoms with Crippen LogP contribution in [-0.4, -0.2) is 40.6 Å². The highest BCUT2D eigenvalue weighted by Gasteiger charge is 2.18. The Labute approximate surface area is 97.7 Å². The molecule has 0 saturated carbocycles. The molecule has 1 aromatic heterocycles. The summed E-state index contributed by atoms with van der Waals surface area (Å²) in [5, 5.41) is 3.40. The van der Waals surface area contributed by atoms with Gasteiger partial charge in [-0.2, -0.15) is 0 Å². The van der Waals surface area contributed by atoms with Crippen molar-refractivity contribution in [1.82, 2.24) is 19.8 Å². The fourth-order valence-electron chi connectivity index (χ4n) is 2.37. The largest absolute Gasteiger partial charge is 0.333 e. The average Bonchev–Trinajstić information content (AvgIpc) is 2.75. The van der Waals surface area contributed by atoms with Crippen molar-refractivity contribution in [2.24, 2.45) is 0 Å². The Morgan fingerprint density at radius 2 is 2.38 bits per heavy atom. The molecule has 0 aromatic carbocycles. The molecule has 0 amide bonds. The lowest BCUT2D eigenvalue weighted by atomic mass is 10.1. The number of likely N-dealkylation sites (N-methyl/N-ethyl adjacent to an activating group) is 1. The quantitative estimate of drug-likeness (QED) is 0.809. The highest BCUT2D eigenvalue weighted by Crippen LogP contribution is 2.11. The molecule has 1 aromatic rings. The van der Waals surface area contributed by atoms with Gasteiger partial charge in [-0.25, -0.2) is 4.98 Å². The molecule has 0 aliphatic carbocycles. The van der Waals surface area contributed by atoms with Gasteiger partial charge in [-0.1, -0.05) is 13.3 Å². The van der Waals surface area contributed by atoms with E-state index in [1.165, 1.54) is 18.7 Å². The van der Waals surface area contributed by atoms with Gasteiger partial charge in [-0.3, -0.25) is 4.90 Å². The molecular formula is C12H22N4. The van der Waals surface area contributed by atoms with Gasteiger partial charge in [-0.05, 0) is 13.5 Å². The molecule has 0 fully saturated rings. The SMILES string of the molecule is CCCC(CN1CCn2ccnc2C1)NC. The number of nitrogens with one attached hydrogen (secondary N) is 1. The van der Waals surface area contributed by atoms with Crippen molar-refractivity contribution in [3.05, 3.63) is 18.2 Å². The van der Waals surface area contributed by atoms with E-state index in [-0.39, 0.29) is 0 Å². The minimum absolute atomic E-state index is 0.617. The van der Waals surface area contributed by atoms with Gasteiger partial charge in [0.25, 0.3) is 0 Å². The second-order valence-electron chi connectivity index (χ2n) is 4.55. The predicted molar refractivity (Wildman–Crippen MR) is 65.3 cm³/mol. The first-order valence-electron chi connectivity index (χ1n) is 6.23. The van der Waals surface area contributed by atoms with Crippen LogP contribution in [0, 0.1) is 0 Å². The molecule has 0 saturated heterocycles. The number of fused-ring (bicyclic) bond motifs is 1. The van der Waals surface area contributed by atoms with Crippen LogP contribution in [0.4, 0.5) is 0 Å². The van der Waals surface area contributed by atoms with Gasteiger partial charge in [0.1, 0.15) is 5.82 Å². The average molecular weight is 222 g/mol. The first kappa shape index (κ1) is 11.6. The number of imidazole rings is 1. The number of aromatic nitrogens is 2. The molecule has 90 valence electrons. The standard InChI is InChI=1S/C12H22N4/c1-3-4-11(13-2)9-15-7-8-16-6-5-14-12(16)10-15/h5-6,11,13H,3-4,7-10H2,1-2H3. The third-order valence-corrected chi connectivity index (χ3v) is 3.35. The topological polar surface area (TPSA) is 33.1 Å². The van der Waals surface area contributed by atoms with E-state index in [2.05, 4.69) is 39.9 Å². The summed E-state index contributed by atoms with van der Waals surface area (Å²) in [4.78, 5) is 6.89. The summed E-state index contributed by atoms with van der Waals surface area (Å²) >= 11 is 0. The van der Waals surface area contributed by atoms with Crippen molar-refractivity contribution >= 4 is 0 Å². The number of hydrogen-bond donors (Lipinski definition) is 1. The maximum atomic E-state index is 4.39. The van der Waals surface area contributed by atoms with E-state index in [1.54, 1.807) is 0 Å². The van der Waals surface area contributed by atoms with Crippen LogP contribution in [0.2, 0.25) is 0 Å². The van der Waals surface area contributed by atoms with Crippen LogP contribution in [-0.2, 0) is 13.1 Å². The van der Waals surface area contributed by atoms with Crippen LogP contribution in [0.3, 0.4) is 0 Å². The zero-order chi connectivity index (χ0) is 11.4. The zero-order valence-corrected chi connectivity index (χ0v) is 10.3. The summed E-state index contributed by atoms with van der Waals surface area (Å²) in [7, 11) is 2.06. The molecule has 2 heterocycles. The summed E-state index contributed by atoms with van der Waals surface area (Å²) in [6.45, 7) is 6.60. The number of rotatable bonds is 5. The summed E-state index contributed by atoms with van der Waals surface area (Å²) < 4.78 is 2.25. The Balaban J connectivity index is 1.88. The molecule has 1 atom stereocenters.